The minimum absolute atomic E-state index is 0.0298. The Morgan fingerprint density at radius 3 is 2.76 bits per heavy atom. The molecular weight excluding hydrogens is 344 g/mol. The second-order valence-corrected chi connectivity index (χ2v) is 7.84. The second kappa shape index (κ2) is 8.44. The van der Waals surface area contributed by atoms with E-state index in [1.165, 1.54) is 31.3 Å². The summed E-state index contributed by atoms with van der Waals surface area (Å²) >= 11 is 0. The molecule has 1 heterocycles. The van der Waals surface area contributed by atoms with Gasteiger partial charge in [0.2, 0.25) is 10.0 Å². The lowest BCUT2D eigenvalue weighted by molar-refractivity contribution is -0.138. The summed E-state index contributed by atoms with van der Waals surface area (Å²) < 4.78 is 30.9. The third kappa shape index (κ3) is 4.79. The molecule has 25 heavy (non-hydrogen) atoms. The number of likely N-dealkylation sites (tertiary alicyclic amines) is 1. The fourth-order valence-corrected chi connectivity index (χ4v) is 3.73. The molecule has 1 aromatic carbocycles. The van der Waals surface area contributed by atoms with Crippen molar-refractivity contribution >= 4 is 21.9 Å². The molecule has 0 bridgehead atoms. The minimum atomic E-state index is -3.65. The standard InChI is InChI=1S/C17H24N2O5S/c1-3-14-8-4-5-10-19(14)16(20)12-24-17(21)13-7-6-9-15(11-13)25(22,23)18-2/h6-7,9,11,14,18H,3-5,8,10,12H2,1-2H3. The molecule has 1 aliphatic heterocycles. The summed E-state index contributed by atoms with van der Waals surface area (Å²) in [7, 11) is -2.35. The molecule has 1 N–H and O–H groups in total. The Morgan fingerprint density at radius 2 is 2.08 bits per heavy atom. The highest BCUT2D eigenvalue weighted by Crippen LogP contribution is 2.19. The molecule has 1 amide bonds. The average molecular weight is 368 g/mol. The van der Waals surface area contributed by atoms with E-state index in [1.807, 2.05) is 6.92 Å². The number of amides is 1. The van der Waals surface area contributed by atoms with Crippen LogP contribution in [0.25, 0.3) is 0 Å². The lowest BCUT2D eigenvalue weighted by atomic mass is 10.00. The number of carbonyl (C=O) groups is 2. The van der Waals surface area contributed by atoms with Gasteiger partial charge in [-0.1, -0.05) is 13.0 Å². The summed E-state index contributed by atoms with van der Waals surface area (Å²) in [5.74, 6) is -0.925. The molecule has 1 fully saturated rings. The van der Waals surface area contributed by atoms with Crippen molar-refractivity contribution < 1.29 is 22.7 Å². The lowest BCUT2D eigenvalue weighted by Crippen LogP contribution is -2.45. The van der Waals surface area contributed by atoms with Crippen molar-refractivity contribution in [3.05, 3.63) is 29.8 Å². The highest BCUT2D eigenvalue weighted by Gasteiger charge is 2.26. The Labute approximate surface area is 148 Å². The Bertz CT molecular complexity index is 732. The van der Waals surface area contributed by atoms with Crippen LogP contribution < -0.4 is 4.72 Å². The molecule has 0 saturated carbocycles. The molecule has 0 aliphatic carbocycles. The summed E-state index contributed by atoms with van der Waals surface area (Å²) in [6, 6.07) is 5.73. The van der Waals surface area contributed by atoms with Crippen molar-refractivity contribution in [1.29, 1.82) is 0 Å². The number of ether oxygens (including phenoxy) is 1. The third-order valence-corrected chi connectivity index (χ3v) is 5.81. The number of hydrogen-bond donors (Lipinski definition) is 1. The second-order valence-electron chi connectivity index (χ2n) is 5.96. The molecule has 1 atom stereocenters. The number of benzene rings is 1. The van der Waals surface area contributed by atoms with E-state index in [1.54, 1.807) is 4.90 Å². The summed E-state index contributed by atoms with van der Waals surface area (Å²) in [4.78, 5) is 26.2. The zero-order valence-electron chi connectivity index (χ0n) is 14.5. The number of carbonyl (C=O) groups excluding carboxylic acids is 2. The van der Waals surface area contributed by atoms with E-state index >= 15 is 0 Å². The molecule has 8 heteroatoms. The van der Waals surface area contributed by atoms with Crippen LogP contribution in [0.2, 0.25) is 0 Å². The summed E-state index contributed by atoms with van der Waals surface area (Å²) in [5.41, 5.74) is 0.0924. The average Bonchev–Trinajstić information content (AvgIpc) is 2.65. The van der Waals surface area contributed by atoms with Crippen LogP contribution in [0.15, 0.2) is 29.2 Å². The maximum Gasteiger partial charge on any atom is 0.338 e. The number of nitrogens with zero attached hydrogens (tertiary/aromatic N) is 1. The van der Waals surface area contributed by atoms with Crippen LogP contribution in [0.3, 0.4) is 0 Å². The maximum atomic E-state index is 12.3. The van der Waals surface area contributed by atoms with Gasteiger partial charge in [-0.2, -0.15) is 0 Å². The first-order valence-electron chi connectivity index (χ1n) is 8.39. The van der Waals surface area contributed by atoms with Gasteiger partial charge in [0.05, 0.1) is 10.5 Å². The topological polar surface area (TPSA) is 92.8 Å². The Morgan fingerprint density at radius 1 is 1.32 bits per heavy atom. The van der Waals surface area contributed by atoms with E-state index in [2.05, 4.69) is 4.72 Å². The van der Waals surface area contributed by atoms with Gasteiger partial charge in [0.25, 0.3) is 5.91 Å². The molecule has 2 rings (SSSR count). The Kier molecular flexibility index (Phi) is 6.55. The van der Waals surface area contributed by atoms with E-state index in [-0.39, 0.29) is 29.0 Å². The molecule has 138 valence electrons. The molecule has 1 aromatic rings. The van der Waals surface area contributed by atoms with Crippen molar-refractivity contribution in [2.75, 3.05) is 20.2 Å². The monoisotopic (exact) mass is 368 g/mol. The molecule has 0 spiro atoms. The summed E-state index contributed by atoms with van der Waals surface area (Å²) in [5, 5.41) is 0. The van der Waals surface area contributed by atoms with E-state index in [4.69, 9.17) is 4.74 Å². The number of piperidine rings is 1. The zero-order valence-corrected chi connectivity index (χ0v) is 15.3. The van der Waals surface area contributed by atoms with Crippen molar-refractivity contribution in [2.24, 2.45) is 0 Å². The Hall–Kier alpha value is -1.93. The van der Waals surface area contributed by atoms with Crippen LogP contribution in [0, 0.1) is 0 Å². The largest absolute Gasteiger partial charge is 0.452 e. The Balaban J connectivity index is 2.00. The first-order chi connectivity index (χ1) is 11.9. The van der Waals surface area contributed by atoms with Crippen LogP contribution >= 0.6 is 0 Å². The van der Waals surface area contributed by atoms with Crippen molar-refractivity contribution in [2.45, 2.75) is 43.5 Å². The van der Waals surface area contributed by atoms with Crippen LogP contribution in [-0.4, -0.2) is 51.4 Å². The molecular formula is C17H24N2O5S. The van der Waals surface area contributed by atoms with E-state index in [0.717, 1.165) is 25.7 Å². The predicted octanol–water partition coefficient (Wildman–Crippen LogP) is 1.54. The first kappa shape index (κ1) is 19.4. The molecule has 1 saturated heterocycles. The third-order valence-electron chi connectivity index (χ3n) is 4.39. The normalized spacial score (nSPS) is 18.0. The number of hydrogen-bond acceptors (Lipinski definition) is 5. The number of esters is 1. The van der Waals surface area contributed by atoms with Gasteiger partial charge in [-0.25, -0.2) is 17.9 Å². The van der Waals surface area contributed by atoms with E-state index < -0.39 is 16.0 Å². The summed E-state index contributed by atoms with van der Waals surface area (Å²) in [6.45, 7) is 2.39. The maximum absolute atomic E-state index is 12.3. The fourth-order valence-electron chi connectivity index (χ4n) is 2.95. The molecule has 7 nitrogen and oxygen atoms in total. The van der Waals surface area contributed by atoms with Gasteiger partial charge in [0.1, 0.15) is 0 Å². The van der Waals surface area contributed by atoms with Crippen LogP contribution in [0.4, 0.5) is 0 Å². The minimum Gasteiger partial charge on any atom is -0.452 e. The van der Waals surface area contributed by atoms with Crippen molar-refractivity contribution in [3.8, 4) is 0 Å². The number of sulfonamides is 1. The van der Waals surface area contributed by atoms with Crippen LogP contribution in [0.5, 0.6) is 0 Å². The van der Waals surface area contributed by atoms with Gasteiger partial charge in [-0.05, 0) is 50.9 Å². The van der Waals surface area contributed by atoms with Gasteiger partial charge < -0.3 is 9.64 Å². The lowest BCUT2D eigenvalue weighted by Gasteiger charge is -2.35. The van der Waals surface area contributed by atoms with Gasteiger partial charge >= 0.3 is 5.97 Å². The van der Waals surface area contributed by atoms with Gasteiger partial charge in [0, 0.05) is 12.6 Å². The highest BCUT2D eigenvalue weighted by atomic mass is 32.2. The van der Waals surface area contributed by atoms with Gasteiger partial charge in [-0.3, -0.25) is 4.79 Å². The zero-order chi connectivity index (χ0) is 18.4. The number of rotatable bonds is 6. The quantitative estimate of drug-likeness (QED) is 0.769. The van der Waals surface area contributed by atoms with Crippen LogP contribution in [0.1, 0.15) is 43.0 Å². The molecule has 0 radical (unpaired) electrons. The van der Waals surface area contributed by atoms with Crippen molar-refractivity contribution in [1.82, 2.24) is 9.62 Å². The fraction of sp³-hybridized carbons (Fsp3) is 0.529. The van der Waals surface area contributed by atoms with Crippen LogP contribution in [-0.2, 0) is 19.6 Å². The predicted molar refractivity (Wildman–Crippen MR) is 92.6 cm³/mol. The van der Waals surface area contributed by atoms with Gasteiger partial charge in [-0.15, -0.1) is 0 Å². The number of nitrogens with one attached hydrogen (secondary N) is 1. The molecule has 1 unspecified atom stereocenters. The smallest absolute Gasteiger partial charge is 0.338 e. The molecule has 0 aromatic heterocycles. The van der Waals surface area contributed by atoms with E-state index in [0.29, 0.717) is 6.54 Å². The first-order valence-corrected chi connectivity index (χ1v) is 9.87. The van der Waals surface area contributed by atoms with E-state index in [9.17, 15) is 18.0 Å². The van der Waals surface area contributed by atoms with Gasteiger partial charge in [0.15, 0.2) is 6.61 Å². The SMILES string of the molecule is CCC1CCCCN1C(=O)COC(=O)c1cccc(S(=O)(=O)NC)c1. The highest BCUT2D eigenvalue weighted by molar-refractivity contribution is 7.89. The molecule has 1 aliphatic rings. The summed E-state index contributed by atoms with van der Waals surface area (Å²) in [6.07, 6.45) is 3.92. The van der Waals surface area contributed by atoms with Crippen molar-refractivity contribution in [3.63, 3.8) is 0 Å².